The summed E-state index contributed by atoms with van der Waals surface area (Å²) in [4.78, 5) is 10.9. The van der Waals surface area contributed by atoms with Crippen LogP contribution in [-0.4, -0.2) is 33.7 Å². The lowest BCUT2D eigenvalue weighted by molar-refractivity contribution is -0.118. The molecule has 1 rings (SSSR count). The second kappa shape index (κ2) is 5.67. The van der Waals surface area contributed by atoms with E-state index in [-0.39, 0.29) is 23.1 Å². The van der Waals surface area contributed by atoms with Crippen molar-refractivity contribution in [2.24, 2.45) is 0 Å². The number of sulfone groups is 1. The quantitative estimate of drug-likeness (QED) is 0.838. The second-order valence-electron chi connectivity index (χ2n) is 3.48. The summed E-state index contributed by atoms with van der Waals surface area (Å²) >= 11 is 0. The van der Waals surface area contributed by atoms with Gasteiger partial charge in [0.25, 0.3) is 0 Å². The Balaban J connectivity index is 2.72. The first kappa shape index (κ1) is 13.5. The molecule has 1 aromatic rings. The molecule has 0 atom stereocenters. The molecule has 0 unspecified atom stereocenters. The van der Waals surface area contributed by atoms with Crippen LogP contribution in [0.3, 0.4) is 0 Å². The van der Waals surface area contributed by atoms with Crippen molar-refractivity contribution in [3.63, 3.8) is 0 Å². The molecule has 6 heteroatoms. The summed E-state index contributed by atoms with van der Waals surface area (Å²) in [6.07, 6.45) is 0. The number of nitrogens with one attached hydrogen (secondary N) is 1. The molecule has 0 aliphatic carbocycles. The normalized spacial score (nSPS) is 10.9. The fraction of sp³-hybridized carbons (Fsp3) is 0.364. The largest absolute Gasteiger partial charge is 0.497 e. The zero-order chi connectivity index (χ0) is 12.9. The lowest BCUT2D eigenvalue weighted by atomic mass is 10.3. The molecule has 0 heterocycles. The average molecular weight is 257 g/mol. The van der Waals surface area contributed by atoms with Gasteiger partial charge in [0.05, 0.1) is 17.8 Å². The summed E-state index contributed by atoms with van der Waals surface area (Å²) in [6, 6.07) is 6.15. The molecular formula is C11H15NO4S. The lowest BCUT2D eigenvalue weighted by Gasteiger charge is -2.06. The van der Waals surface area contributed by atoms with Gasteiger partial charge in [-0.15, -0.1) is 0 Å². The highest BCUT2D eigenvalue weighted by Gasteiger charge is 2.13. The van der Waals surface area contributed by atoms with E-state index >= 15 is 0 Å². The third-order valence-corrected chi connectivity index (χ3v) is 3.90. The second-order valence-corrected chi connectivity index (χ2v) is 5.59. The summed E-state index contributed by atoms with van der Waals surface area (Å²) in [5.74, 6) is 0.250. The van der Waals surface area contributed by atoms with Gasteiger partial charge in [0, 0.05) is 13.5 Å². The maximum absolute atomic E-state index is 11.8. The number of hydrogen-bond acceptors (Lipinski definition) is 4. The Morgan fingerprint density at radius 2 is 1.88 bits per heavy atom. The molecule has 0 aliphatic rings. The molecule has 0 radical (unpaired) electrons. The molecule has 0 bridgehead atoms. The first-order valence-corrected chi connectivity index (χ1v) is 6.72. The molecule has 0 saturated carbocycles. The molecule has 0 fully saturated rings. The van der Waals surface area contributed by atoms with Gasteiger partial charge in [0.2, 0.25) is 5.91 Å². The molecule has 0 aromatic heterocycles. The zero-order valence-electron chi connectivity index (χ0n) is 9.76. The van der Waals surface area contributed by atoms with Gasteiger partial charge in [-0.05, 0) is 24.3 Å². The minimum atomic E-state index is -3.35. The van der Waals surface area contributed by atoms with Crippen molar-refractivity contribution in [2.45, 2.75) is 11.8 Å². The molecule has 94 valence electrons. The van der Waals surface area contributed by atoms with E-state index in [1.54, 1.807) is 12.1 Å². The van der Waals surface area contributed by atoms with Crippen LogP contribution in [0.25, 0.3) is 0 Å². The maximum atomic E-state index is 11.8. The molecule has 5 nitrogen and oxygen atoms in total. The summed E-state index contributed by atoms with van der Waals surface area (Å²) in [5.41, 5.74) is 0. The van der Waals surface area contributed by atoms with Crippen LogP contribution in [0.4, 0.5) is 0 Å². The van der Waals surface area contributed by atoms with Gasteiger partial charge in [0.1, 0.15) is 5.75 Å². The number of benzene rings is 1. The van der Waals surface area contributed by atoms with Crippen LogP contribution < -0.4 is 10.1 Å². The van der Waals surface area contributed by atoms with E-state index in [9.17, 15) is 13.2 Å². The van der Waals surface area contributed by atoms with Crippen molar-refractivity contribution in [1.29, 1.82) is 0 Å². The molecule has 0 spiro atoms. The Morgan fingerprint density at radius 1 is 1.29 bits per heavy atom. The van der Waals surface area contributed by atoms with E-state index in [4.69, 9.17) is 4.74 Å². The number of ether oxygens (including phenoxy) is 1. The summed E-state index contributed by atoms with van der Waals surface area (Å²) in [6.45, 7) is 1.46. The van der Waals surface area contributed by atoms with Gasteiger partial charge in [-0.1, -0.05) is 0 Å². The predicted octanol–water partition coefficient (Wildman–Crippen LogP) is 0.605. The predicted molar refractivity (Wildman–Crippen MR) is 63.7 cm³/mol. The Kier molecular flexibility index (Phi) is 4.51. The molecule has 1 amide bonds. The zero-order valence-corrected chi connectivity index (χ0v) is 10.6. The smallest absolute Gasteiger partial charge is 0.216 e. The van der Waals surface area contributed by atoms with Crippen LogP contribution >= 0.6 is 0 Å². The SMILES string of the molecule is COc1ccc(S(=O)(=O)CCNC(C)=O)cc1. The van der Waals surface area contributed by atoms with E-state index in [1.807, 2.05) is 0 Å². The third kappa shape index (κ3) is 4.07. The number of rotatable bonds is 5. The van der Waals surface area contributed by atoms with E-state index in [2.05, 4.69) is 5.32 Å². The van der Waals surface area contributed by atoms with Crippen LogP contribution in [0.1, 0.15) is 6.92 Å². The van der Waals surface area contributed by atoms with Gasteiger partial charge in [0.15, 0.2) is 9.84 Å². The maximum Gasteiger partial charge on any atom is 0.216 e. The van der Waals surface area contributed by atoms with Crippen molar-refractivity contribution in [3.8, 4) is 5.75 Å². The lowest BCUT2D eigenvalue weighted by Crippen LogP contribution is -2.26. The Labute approximate surface area is 101 Å². The van der Waals surface area contributed by atoms with E-state index in [1.165, 1.54) is 26.2 Å². The van der Waals surface area contributed by atoms with E-state index < -0.39 is 9.84 Å². The summed E-state index contributed by atoms with van der Waals surface area (Å²) < 4.78 is 28.6. The highest BCUT2D eigenvalue weighted by atomic mass is 32.2. The van der Waals surface area contributed by atoms with Crippen molar-refractivity contribution in [3.05, 3.63) is 24.3 Å². The average Bonchev–Trinajstić information content (AvgIpc) is 2.28. The first-order chi connectivity index (χ1) is 7.95. The number of amides is 1. The van der Waals surface area contributed by atoms with E-state index in [0.29, 0.717) is 5.75 Å². The number of hydrogen-bond donors (Lipinski definition) is 1. The topological polar surface area (TPSA) is 72.5 Å². The van der Waals surface area contributed by atoms with Crippen LogP contribution in [0.15, 0.2) is 29.2 Å². The fourth-order valence-corrected chi connectivity index (χ4v) is 2.42. The number of methoxy groups -OCH3 is 1. The van der Waals surface area contributed by atoms with Gasteiger partial charge >= 0.3 is 0 Å². The van der Waals surface area contributed by atoms with Crippen LogP contribution in [0.2, 0.25) is 0 Å². The Bertz CT molecular complexity index is 479. The van der Waals surface area contributed by atoms with Crippen LogP contribution in [0.5, 0.6) is 5.75 Å². The van der Waals surface area contributed by atoms with Crippen LogP contribution in [0, 0.1) is 0 Å². The van der Waals surface area contributed by atoms with Gasteiger partial charge in [-0.3, -0.25) is 4.79 Å². The Hall–Kier alpha value is -1.56. The fourth-order valence-electron chi connectivity index (χ4n) is 1.26. The summed E-state index contributed by atoms with van der Waals surface area (Å²) in [7, 11) is -1.84. The first-order valence-electron chi connectivity index (χ1n) is 5.07. The van der Waals surface area contributed by atoms with Crippen LogP contribution in [-0.2, 0) is 14.6 Å². The van der Waals surface area contributed by atoms with Gasteiger partial charge in [-0.2, -0.15) is 0 Å². The monoisotopic (exact) mass is 257 g/mol. The number of carbonyl (C=O) groups is 1. The van der Waals surface area contributed by atoms with Crippen molar-refractivity contribution in [2.75, 3.05) is 19.4 Å². The molecular weight excluding hydrogens is 242 g/mol. The number of carbonyl (C=O) groups excluding carboxylic acids is 1. The Morgan fingerprint density at radius 3 is 2.35 bits per heavy atom. The molecule has 1 N–H and O–H groups in total. The highest BCUT2D eigenvalue weighted by Crippen LogP contribution is 2.16. The molecule has 17 heavy (non-hydrogen) atoms. The summed E-state index contributed by atoms with van der Waals surface area (Å²) in [5, 5.41) is 2.45. The highest BCUT2D eigenvalue weighted by molar-refractivity contribution is 7.91. The molecule has 1 aromatic carbocycles. The molecule has 0 aliphatic heterocycles. The minimum Gasteiger partial charge on any atom is -0.497 e. The molecule has 0 saturated heterocycles. The van der Waals surface area contributed by atoms with Gasteiger partial charge in [-0.25, -0.2) is 8.42 Å². The standard InChI is InChI=1S/C11H15NO4S/c1-9(13)12-7-8-17(14,15)11-5-3-10(16-2)4-6-11/h3-6H,7-8H2,1-2H3,(H,12,13). The minimum absolute atomic E-state index is 0.112. The van der Waals surface area contributed by atoms with Crippen molar-refractivity contribution in [1.82, 2.24) is 5.32 Å². The third-order valence-electron chi connectivity index (χ3n) is 2.16. The van der Waals surface area contributed by atoms with Crippen molar-refractivity contribution >= 4 is 15.7 Å². The van der Waals surface area contributed by atoms with E-state index in [0.717, 1.165) is 0 Å². The van der Waals surface area contributed by atoms with Gasteiger partial charge < -0.3 is 10.1 Å². The van der Waals surface area contributed by atoms with Crippen molar-refractivity contribution < 1.29 is 17.9 Å².